The van der Waals surface area contributed by atoms with Crippen LogP contribution in [0.2, 0.25) is 5.02 Å². The number of piperidine rings is 1. The molecule has 154 valence electrons. The highest BCUT2D eigenvalue weighted by molar-refractivity contribution is 6.38. The van der Waals surface area contributed by atoms with Gasteiger partial charge in [0.15, 0.2) is 11.5 Å². The molecule has 30 heavy (non-hydrogen) atoms. The van der Waals surface area contributed by atoms with E-state index in [0.29, 0.717) is 39.2 Å². The van der Waals surface area contributed by atoms with Crippen molar-refractivity contribution in [2.75, 3.05) is 4.90 Å². The number of hydrogen-bond acceptors (Lipinski definition) is 5. The van der Waals surface area contributed by atoms with Gasteiger partial charge in [0, 0.05) is 54.1 Å². The molecule has 0 radical (unpaired) electrons. The van der Waals surface area contributed by atoms with Gasteiger partial charge in [0.05, 0.1) is 11.2 Å². The number of nitrogens with zero attached hydrogens (tertiary/aromatic N) is 5. The van der Waals surface area contributed by atoms with Crippen molar-refractivity contribution in [2.24, 2.45) is 12.8 Å². The van der Waals surface area contributed by atoms with Crippen molar-refractivity contribution < 1.29 is 4.39 Å². The van der Waals surface area contributed by atoms with E-state index in [2.05, 4.69) is 15.0 Å². The maximum Gasteiger partial charge on any atom is 0.159 e. The van der Waals surface area contributed by atoms with Gasteiger partial charge in [0.2, 0.25) is 0 Å². The number of hydrogen-bond donors (Lipinski definition) is 2. The molecule has 9 heteroatoms. The fourth-order valence-electron chi connectivity index (χ4n) is 5.23. The number of nitrogens with two attached hydrogens (primary N) is 1. The van der Waals surface area contributed by atoms with Crippen LogP contribution in [0.5, 0.6) is 0 Å². The average Bonchev–Trinajstić information content (AvgIpc) is 3.38. The second kappa shape index (κ2) is 6.39. The zero-order valence-corrected chi connectivity index (χ0v) is 17.2. The molecule has 1 aromatic carbocycles. The minimum Gasteiger partial charge on any atom is -0.349 e. The van der Waals surface area contributed by atoms with E-state index in [1.807, 2.05) is 6.20 Å². The van der Waals surface area contributed by atoms with E-state index in [1.54, 1.807) is 24.1 Å². The molecule has 0 amide bonds. The zero-order chi connectivity index (χ0) is 20.6. The van der Waals surface area contributed by atoms with E-state index in [0.717, 1.165) is 37.1 Å². The normalized spacial score (nSPS) is 23.7. The van der Waals surface area contributed by atoms with E-state index in [9.17, 15) is 4.39 Å². The molecule has 3 atom stereocenters. The third-order valence-electron chi connectivity index (χ3n) is 6.49. The fraction of sp³-hybridized carbons (Fsp3) is 0.381. The molecule has 2 fully saturated rings. The van der Waals surface area contributed by atoms with Crippen LogP contribution in [0.3, 0.4) is 0 Å². The van der Waals surface area contributed by atoms with Crippen LogP contribution in [-0.2, 0) is 7.05 Å². The quantitative estimate of drug-likeness (QED) is 0.510. The largest absolute Gasteiger partial charge is 0.349 e. The maximum atomic E-state index is 14.7. The van der Waals surface area contributed by atoms with Crippen molar-refractivity contribution in [1.82, 2.24) is 24.7 Å². The van der Waals surface area contributed by atoms with Gasteiger partial charge in [-0.25, -0.2) is 14.4 Å². The van der Waals surface area contributed by atoms with Crippen molar-refractivity contribution in [1.29, 1.82) is 0 Å². The lowest BCUT2D eigenvalue weighted by molar-refractivity contribution is 0.412. The predicted octanol–water partition coefficient (Wildman–Crippen LogP) is 3.76. The number of rotatable bonds is 2. The number of nitrogens with one attached hydrogen (secondary N) is 1. The van der Waals surface area contributed by atoms with Crippen LogP contribution in [0.4, 0.5) is 10.2 Å². The summed E-state index contributed by atoms with van der Waals surface area (Å²) in [4.78, 5) is 15.1. The van der Waals surface area contributed by atoms with Gasteiger partial charge in [-0.05, 0) is 31.7 Å². The molecule has 2 saturated heterocycles. The summed E-state index contributed by atoms with van der Waals surface area (Å²) in [6, 6.07) is 2.54. The Morgan fingerprint density at radius 3 is 2.73 bits per heavy atom. The molecule has 2 aliphatic rings. The van der Waals surface area contributed by atoms with Gasteiger partial charge < -0.3 is 15.6 Å². The van der Waals surface area contributed by atoms with Crippen molar-refractivity contribution in [2.45, 2.75) is 43.8 Å². The lowest BCUT2D eigenvalue weighted by atomic mass is 9.98. The molecule has 4 aromatic rings. The first kappa shape index (κ1) is 18.1. The Balaban J connectivity index is 1.44. The summed E-state index contributed by atoms with van der Waals surface area (Å²) in [5.41, 5.74) is 9.10. The molecular formula is C21H21ClFN7. The molecule has 5 heterocycles. The Morgan fingerprint density at radius 1 is 1.20 bits per heavy atom. The van der Waals surface area contributed by atoms with Crippen molar-refractivity contribution in [3.8, 4) is 11.1 Å². The summed E-state index contributed by atoms with van der Waals surface area (Å²) in [5.74, 6) is 0.459. The van der Waals surface area contributed by atoms with Crippen molar-refractivity contribution in [3.63, 3.8) is 0 Å². The van der Waals surface area contributed by atoms with Crippen LogP contribution in [0.1, 0.15) is 25.7 Å². The monoisotopic (exact) mass is 425 g/mol. The van der Waals surface area contributed by atoms with Crippen molar-refractivity contribution in [3.05, 3.63) is 35.5 Å². The van der Waals surface area contributed by atoms with E-state index < -0.39 is 5.82 Å². The number of aromatic nitrogens is 5. The molecule has 2 aliphatic heterocycles. The molecule has 1 unspecified atom stereocenters. The van der Waals surface area contributed by atoms with Gasteiger partial charge in [0.1, 0.15) is 16.9 Å². The van der Waals surface area contributed by atoms with E-state index in [1.165, 1.54) is 6.07 Å². The predicted molar refractivity (Wildman–Crippen MR) is 115 cm³/mol. The third-order valence-corrected chi connectivity index (χ3v) is 6.90. The van der Waals surface area contributed by atoms with Crippen molar-refractivity contribution >= 4 is 39.5 Å². The Morgan fingerprint density at radius 2 is 1.97 bits per heavy atom. The molecular weight excluding hydrogens is 405 g/mol. The Bertz CT molecular complexity index is 1280. The highest BCUT2D eigenvalue weighted by Gasteiger charge is 2.40. The molecule has 6 rings (SSSR count). The standard InChI is InChI=1S/C21H21ClFN7/c1-29-9-15-18(22)13(6-16(23)19(15)28-29)14-7-26-21-20(14)25-8-17(27-21)30-11-2-3-12(30)5-10(24)4-11/h6-12H,2-5,24H2,1H3,(H,26,27)/t10?,11-,12+. The zero-order valence-electron chi connectivity index (χ0n) is 16.4. The summed E-state index contributed by atoms with van der Waals surface area (Å²) >= 11 is 6.63. The lowest BCUT2D eigenvalue weighted by Gasteiger charge is -2.38. The molecule has 3 N–H and O–H groups in total. The minimum atomic E-state index is -0.412. The van der Waals surface area contributed by atoms with E-state index >= 15 is 0 Å². The summed E-state index contributed by atoms with van der Waals surface area (Å²) in [6.07, 6.45) is 9.60. The highest BCUT2D eigenvalue weighted by atomic mass is 35.5. The van der Waals surface area contributed by atoms with Gasteiger partial charge in [-0.2, -0.15) is 5.10 Å². The Labute approximate surface area is 177 Å². The topological polar surface area (TPSA) is 88.7 Å². The smallest absolute Gasteiger partial charge is 0.159 e. The number of fused-ring (bicyclic) bond motifs is 4. The first-order valence-corrected chi connectivity index (χ1v) is 10.6. The first-order chi connectivity index (χ1) is 14.5. The van der Waals surface area contributed by atoms with Crippen LogP contribution in [0.25, 0.3) is 33.2 Å². The van der Waals surface area contributed by atoms with E-state index in [-0.39, 0.29) is 11.6 Å². The van der Waals surface area contributed by atoms with Gasteiger partial charge in [-0.3, -0.25) is 4.68 Å². The van der Waals surface area contributed by atoms with Crippen LogP contribution >= 0.6 is 11.6 Å². The van der Waals surface area contributed by atoms with E-state index in [4.69, 9.17) is 27.3 Å². The van der Waals surface area contributed by atoms with Gasteiger partial charge >= 0.3 is 0 Å². The number of H-pyrrole nitrogens is 1. The molecule has 0 aliphatic carbocycles. The summed E-state index contributed by atoms with van der Waals surface area (Å²) in [6.45, 7) is 0. The number of aryl methyl sites for hydroxylation is 1. The maximum absolute atomic E-state index is 14.7. The Kier molecular flexibility index (Phi) is 3.85. The highest BCUT2D eigenvalue weighted by Crippen LogP contribution is 2.40. The van der Waals surface area contributed by atoms with Crippen LogP contribution in [-0.4, -0.2) is 42.9 Å². The second-order valence-corrected chi connectivity index (χ2v) is 8.81. The number of benzene rings is 1. The number of aromatic amines is 1. The number of halogens is 2. The van der Waals surface area contributed by atoms with Crippen LogP contribution < -0.4 is 10.6 Å². The third kappa shape index (κ3) is 2.56. The molecule has 3 aromatic heterocycles. The average molecular weight is 426 g/mol. The molecule has 7 nitrogen and oxygen atoms in total. The van der Waals surface area contributed by atoms with Gasteiger partial charge in [-0.1, -0.05) is 11.6 Å². The fourth-order valence-corrected chi connectivity index (χ4v) is 5.53. The van der Waals surface area contributed by atoms with Crippen LogP contribution in [0.15, 0.2) is 24.7 Å². The lowest BCUT2D eigenvalue weighted by Crippen LogP contribution is -2.47. The Hall–Kier alpha value is -2.71. The summed E-state index contributed by atoms with van der Waals surface area (Å²) in [5, 5.41) is 5.19. The molecule has 0 spiro atoms. The number of anilines is 1. The first-order valence-electron chi connectivity index (χ1n) is 10.2. The SMILES string of the molecule is Cn1cc2c(Cl)c(-c3c[nH]c4nc(N5[C@@H]6CC[C@H]5CC(N)C6)cnc34)cc(F)c2n1. The summed E-state index contributed by atoms with van der Waals surface area (Å²) in [7, 11) is 1.74. The molecule has 0 saturated carbocycles. The van der Waals surface area contributed by atoms with Gasteiger partial charge in [0.25, 0.3) is 0 Å². The molecule has 2 bridgehead atoms. The van der Waals surface area contributed by atoms with Crippen LogP contribution in [0, 0.1) is 5.82 Å². The minimum absolute atomic E-state index is 0.262. The second-order valence-electron chi connectivity index (χ2n) is 8.44. The summed E-state index contributed by atoms with van der Waals surface area (Å²) < 4.78 is 16.2. The van der Waals surface area contributed by atoms with Gasteiger partial charge in [-0.15, -0.1) is 0 Å².